The predicted molar refractivity (Wildman–Crippen MR) is 94.1 cm³/mol. The molecule has 0 unspecified atom stereocenters. The van der Waals surface area contributed by atoms with E-state index in [1.165, 1.54) is 6.07 Å². The van der Waals surface area contributed by atoms with Gasteiger partial charge in [-0.15, -0.1) is 0 Å². The Balaban J connectivity index is 2.47. The normalized spacial score (nSPS) is 11.3. The summed E-state index contributed by atoms with van der Waals surface area (Å²) < 4.78 is 35.3. The van der Waals surface area contributed by atoms with Gasteiger partial charge in [0.15, 0.2) is 11.5 Å². The number of hydrogen-bond donors (Lipinski definition) is 1. The molecule has 130 valence electrons. The standard InChI is InChI=1S/C18H23NO4S/c1-3-8-14-9-5-6-10-15(14)23-16-11-7-12-17(24(19,20)21)18(16)22-13-4-2/h5-7,9-12H,3-4,8,13H2,1-2H3,(H2,19,20,21). The highest BCUT2D eigenvalue weighted by Crippen LogP contribution is 2.38. The summed E-state index contributed by atoms with van der Waals surface area (Å²) in [6, 6.07) is 12.4. The van der Waals surface area contributed by atoms with Crippen molar-refractivity contribution in [3.8, 4) is 17.2 Å². The van der Waals surface area contributed by atoms with Crippen LogP contribution in [-0.2, 0) is 16.4 Å². The summed E-state index contributed by atoms with van der Waals surface area (Å²) in [6.07, 6.45) is 2.60. The predicted octanol–water partition coefficient (Wildman–Crippen LogP) is 3.87. The molecule has 0 radical (unpaired) electrons. The van der Waals surface area contributed by atoms with Crippen LogP contribution in [0.15, 0.2) is 47.4 Å². The summed E-state index contributed by atoms with van der Waals surface area (Å²) in [6.45, 7) is 4.41. The van der Waals surface area contributed by atoms with Gasteiger partial charge in [-0.2, -0.15) is 0 Å². The molecule has 0 spiro atoms. The summed E-state index contributed by atoms with van der Waals surface area (Å²) in [5, 5.41) is 5.31. The highest BCUT2D eigenvalue weighted by molar-refractivity contribution is 7.89. The molecule has 0 aliphatic heterocycles. The molecule has 0 atom stereocenters. The van der Waals surface area contributed by atoms with Crippen LogP contribution < -0.4 is 14.6 Å². The molecule has 0 aliphatic carbocycles. The zero-order valence-electron chi connectivity index (χ0n) is 14.0. The molecule has 0 amide bonds. The highest BCUT2D eigenvalue weighted by atomic mass is 32.2. The zero-order valence-corrected chi connectivity index (χ0v) is 14.8. The van der Waals surface area contributed by atoms with Crippen molar-refractivity contribution in [2.75, 3.05) is 6.61 Å². The second-order valence-corrected chi connectivity index (χ2v) is 6.97. The van der Waals surface area contributed by atoms with Crippen molar-refractivity contribution in [2.24, 2.45) is 5.14 Å². The number of nitrogens with two attached hydrogens (primary N) is 1. The average Bonchev–Trinajstić information content (AvgIpc) is 2.54. The third-order valence-corrected chi connectivity index (χ3v) is 4.35. The molecule has 0 bridgehead atoms. The minimum absolute atomic E-state index is 0.0681. The Hall–Kier alpha value is -2.05. The molecule has 0 saturated carbocycles. The van der Waals surface area contributed by atoms with Crippen molar-refractivity contribution in [3.05, 3.63) is 48.0 Å². The summed E-state index contributed by atoms with van der Waals surface area (Å²) in [5.74, 6) is 1.19. The fraction of sp³-hybridized carbons (Fsp3) is 0.333. The summed E-state index contributed by atoms with van der Waals surface area (Å²) in [5.41, 5.74) is 1.06. The molecule has 5 nitrogen and oxygen atoms in total. The first-order valence-electron chi connectivity index (χ1n) is 8.01. The van der Waals surface area contributed by atoms with E-state index in [-0.39, 0.29) is 10.6 Å². The second-order valence-electron chi connectivity index (χ2n) is 5.44. The van der Waals surface area contributed by atoms with E-state index < -0.39 is 10.0 Å². The van der Waals surface area contributed by atoms with Crippen LogP contribution in [0.4, 0.5) is 0 Å². The van der Waals surface area contributed by atoms with Crippen molar-refractivity contribution >= 4 is 10.0 Å². The molecule has 0 heterocycles. The molecule has 0 aliphatic rings. The number of para-hydroxylation sites is 2. The van der Waals surface area contributed by atoms with E-state index in [0.29, 0.717) is 18.1 Å². The Morgan fingerprint density at radius 3 is 2.33 bits per heavy atom. The van der Waals surface area contributed by atoms with E-state index in [4.69, 9.17) is 14.6 Å². The fourth-order valence-electron chi connectivity index (χ4n) is 2.34. The van der Waals surface area contributed by atoms with Crippen molar-refractivity contribution in [1.82, 2.24) is 0 Å². The first-order valence-corrected chi connectivity index (χ1v) is 9.56. The largest absolute Gasteiger partial charge is 0.488 e. The Labute approximate surface area is 143 Å². The van der Waals surface area contributed by atoms with E-state index in [9.17, 15) is 8.42 Å². The fourth-order valence-corrected chi connectivity index (χ4v) is 3.03. The van der Waals surface area contributed by atoms with Gasteiger partial charge in [-0.05, 0) is 36.6 Å². The molecule has 2 N–H and O–H groups in total. The lowest BCUT2D eigenvalue weighted by atomic mass is 10.1. The van der Waals surface area contributed by atoms with Crippen molar-refractivity contribution < 1.29 is 17.9 Å². The molecule has 2 rings (SSSR count). The van der Waals surface area contributed by atoms with Gasteiger partial charge >= 0.3 is 0 Å². The second kappa shape index (κ2) is 8.17. The quantitative estimate of drug-likeness (QED) is 0.785. The summed E-state index contributed by atoms with van der Waals surface area (Å²) in [4.78, 5) is -0.0681. The minimum atomic E-state index is -3.90. The maximum Gasteiger partial charge on any atom is 0.241 e. The first-order chi connectivity index (χ1) is 11.5. The third kappa shape index (κ3) is 4.49. The van der Waals surface area contributed by atoms with Crippen LogP contribution in [0, 0.1) is 0 Å². The van der Waals surface area contributed by atoms with Crippen LogP contribution in [0.2, 0.25) is 0 Å². The van der Waals surface area contributed by atoms with Gasteiger partial charge in [-0.3, -0.25) is 0 Å². The number of rotatable bonds is 8. The number of ether oxygens (including phenoxy) is 2. The molecular formula is C18H23NO4S. The van der Waals surface area contributed by atoms with Gasteiger partial charge in [-0.25, -0.2) is 13.6 Å². The van der Waals surface area contributed by atoms with Crippen LogP contribution in [0.3, 0.4) is 0 Å². The number of aryl methyl sites for hydroxylation is 1. The molecule has 0 saturated heterocycles. The average molecular weight is 349 g/mol. The lowest BCUT2D eigenvalue weighted by Gasteiger charge is -2.16. The molecule has 6 heteroatoms. The molecule has 24 heavy (non-hydrogen) atoms. The van der Waals surface area contributed by atoms with Gasteiger partial charge in [-0.1, -0.05) is 44.5 Å². The maximum absolute atomic E-state index is 11.8. The first kappa shape index (κ1) is 18.3. The van der Waals surface area contributed by atoms with Crippen LogP contribution >= 0.6 is 0 Å². The van der Waals surface area contributed by atoms with E-state index in [2.05, 4.69) is 6.92 Å². The van der Waals surface area contributed by atoms with Gasteiger partial charge < -0.3 is 9.47 Å². The van der Waals surface area contributed by atoms with Gasteiger partial charge in [0.25, 0.3) is 0 Å². The van der Waals surface area contributed by atoms with E-state index >= 15 is 0 Å². The molecule has 0 aromatic heterocycles. The van der Waals surface area contributed by atoms with Crippen molar-refractivity contribution in [1.29, 1.82) is 0 Å². The van der Waals surface area contributed by atoms with E-state index in [0.717, 1.165) is 24.8 Å². The monoisotopic (exact) mass is 349 g/mol. The van der Waals surface area contributed by atoms with Gasteiger partial charge in [0.05, 0.1) is 6.61 Å². The maximum atomic E-state index is 11.8. The topological polar surface area (TPSA) is 78.6 Å². The molecular weight excluding hydrogens is 326 g/mol. The molecule has 0 fully saturated rings. The minimum Gasteiger partial charge on any atom is -0.488 e. The Morgan fingerprint density at radius 1 is 0.958 bits per heavy atom. The van der Waals surface area contributed by atoms with E-state index in [1.54, 1.807) is 12.1 Å². The number of primary sulfonamides is 1. The van der Waals surface area contributed by atoms with Crippen LogP contribution in [0.5, 0.6) is 17.2 Å². The zero-order chi connectivity index (χ0) is 17.6. The van der Waals surface area contributed by atoms with Crippen LogP contribution in [0.25, 0.3) is 0 Å². The lowest BCUT2D eigenvalue weighted by Crippen LogP contribution is -2.14. The lowest BCUT2D eigenvalue weighted by molar-refractivity contribution is 0.293. The van der Waals surface area contributed by atoms with E-state index in [1.807, 2.05) is 31.2 Å². The highest BCUT2D eigenvalue weighted by Gasteiger charge is 2.20. The number of hydrogen-bond acceptors (Lipinski definition) is 4. The number of sulfonamides is 1. The van der Waals surface area contributed by atoms with Gasteiger partial charge in [0.1, 0.15) is 10.6 Å². The molecule has 2 aromatic rings. The Bertz CT molecular complexity index is 787. The Morgan fingerprint density at radius 2 is 1.67 bits per heavy atom. The molecule has 2 aromatic carbocycles. The SMILES string of the molecule is CCCOc1c(Oc2ccccc2CCC)cccc1S(N)(=O)=O. The smallest absolute Gasteiger partial charge is 0.241 e. The van der Waals surface area contributed by atoms with Crippen LogP contribution in [0.1, 0.15) is 32.3 Å². The third-order valence-electron chi connectivity index (χ3n) is 3.41. The van der Waals surface area contributed by atoms with Crippen molar-refractivity contribution in [3.63, 3.8) is 0 Å². The van der Waals surface area contributed by atoms with Crippen molar-refractivity contribution in [2.45, 2.75) is 38.0 Å². The van der Waals surface area contributed by atoms with Gasteiger partial charge in [0.2, 0.25) is 10.0 Å². The summed E-state index contributed by atoms with van der Waals surface area (Å²) in [7, 11) is -3.90. The Kier molecular flexibility index (Phi) is 6.23. The van der Waals surface area contributed by atoms with Crippen LogP contribution in [-0.4, -0.2) is 15.0 Å². The number of benzene rings is 2. The van der Waals surface area contributed by atoms with Gasteiger partial charge in [0, 0.05) is 0 Å². The summed E-state index contributed by atoms with van der Waals surface area (Å²) >= 11 is 0.